The van der Waals surface area contributed by atoms with Crippen LogP contribution in [0.1, 0.15) is 16.7 Å². The quantitative estimate of drug-likeness (QED) is 0.405. The molecule has 0 aromatic heterocycles. The molecule has 1 aliphatic heterocycles. The standard InChI is InChI=1S/C27H19NO3/c29-26-25(31-27(30)28(26)18-19-10-3-1-4-11-19)24(21-13-5-2-6-14-21)23-17-9-15-20-12-7-8-16-22(20)23/h1-17H,18H2. The maximum absolute atomic E-state index is 13.4. The first kappa shape index (κ1) is 18.8. The van der Waals surface area contributed by atoms with E-state index in [1.807, 2.05) is 103 Å². The largest absolute Gasteiger partial charge is 0.422 e. The Kier molecular flexibility index (Phi) is 4.81. The average Bonchev–Trinajstić information content (AvgIpc) is 3.09. The van der Waals surface area contributed by atoms with Crippen LogP contribution in [0.25, 0.3) is 16.3 Å². The second kappa shape index (κ2) is 7.92. The van der Waals surface area contributed by atoms with Crippen molar-refractivity contribution in [3.8, 4) is 0 Å². The number of amides is 2. The van der Waals surface area contributed by atoms with Gasteiger partial charge < -0.3 is 4.74 Å². The molecular weight excluding hydrogens is 386 g/mol. The third-order valence-electron chi connectivity index (χ3n) is 5.38. The molecule has 0 unspecified atom stereocenters. The number of fused-ring (bicyclic) bond motifs is 1. The minimum absolute atomic E-state index is 0.0588. The molecule has 0 aliphatic carbocycles. The normalized spacial score (nSPS) is 15.3. The maximum Gasteiger partial charge on any atom is 0.422 e. The number of carbonyl (C=O) groups excluding carboxylic acids is 2. The number of benzene rings is 4. The van der Waals surface area contributed by atoms with Gasteiger partial charge in [0.15, 0.2) is 0 Å². The van der Waals surface area contributed by atoms with Crippen molar-refractivity contribution in [1.82, 2.24) is 4.90 Å². The van der Waals surface area contributed by atoms with Crippen LogP contribution in [-0.2, 0) is 16.1 Å². The van der Waals surface area contributed by atoms with Crippen molar-refractivity contribution in [2.75, 3.05) is 0 Å². The molecule has 1 heterocycles. The van der Waals surface area contributed by atoms with E-state index in [2.05, 4.69) is 0 Å². The lowest BCUT2D eigenvalue weighted by atomic mass is 9.92. The van der Waals surface area contributed by atoms with Crippen molar-refractivity contribution in [3.05, 3.63) is 126 Å². The first-order chi connectivity index (χ1) is 15.2. The fourth-order valence-corrected chi connectivity index (χ4v) is 3.91. The maximum atomic E-state index is 13.4. The predicted molar refractivity (Wildman–Crippen MR) is 120 cm³/mol. The summed E-state index contributed by atoms with van der Waals surface area (Å²) in [6, 6.07) is 32.9. The molecule has 0 saturated carbocycles. The fraction of sp³-hybridized carbons (Fsp3) is 0.0370. The molecule has 0 spiro atoms. The summed E-state index contributed by atoms with van der Waals surface area (Å²) in [6.07, 6.45) is -0.655. The molecule has 0 radical (unpaired) electrons. The summed E-state index contributed by atoms with van der Waals surface area (Å²) in [6.45, 7) is 0.166. The van der Waals surface area contributed by atoms with Crippen LogP contribution in [0.2, 0.25) is 0 Å². The van der Waals surface area contributed by atoms with Crippen LogP contribution >= 0.6 is 0 Å². The van der Waals surface area contributed by atoms with E-state index in [0.717, 1.165) is 32.4 Å². The molecular formula is C27H19NO3. The van der Waals surface area contributed by atoms with Gasteiger partial charge >= 0.3 is 6.09 Å². The zero-order valence-corrected chi connectivity index (χ0v) is 16.7. The van der Waals surface area contributed by atoms with Crippen molar-refractivity contribution in [3.63, 3.8) is 0 Å². The second-order valence-corrected chi connectivity index (χ2v) is 7.34. The van der Waals surface area contributed by atoms with Crippen LogP contribution in [-0.4, -0.2) is 16.9 Å². The van der Waals surface area contributed by atoms with Crippen LogP contribution in [0.3, 0.4) is 0 Å². The number of carbonyl (C=O) groups is 2. The smallest absolute Gasteiger partial charge is 0.403 e. The molecule has 4 heteroatoms. The monoisotopic (exact) mass is 405 g/mol. The molecule has 0 atom stereocenters. The zero-order valence-electron chi connectivity index (χ0n) is 16.7. The molecule has 5 rings (SSSR count). The highest BCUT2D eigenvalue weighted by molar-refractivity contribution is 6.15. The van der Waals surface area contributed by atoms with E-state index in [1.165, 1.54) is 0 Å². The van der Waals surface area contributed by atoms with Crippen molar-refractivity contribution in [1.29, 1.82) is 0 Å². The number of imide groups is 1. The highest BCUT2D eigenvalue weighted by atomic mass is 16.6. The molecule has 0 bridgehead atoms. The number of hydrogen-bond acceptors (Lipinski definition) is 3. The summed E-state index contributed by atoms with van der Waals surface area (Å²) in [5.74, 6) is -0.371. The van der Waals surface area contributed by atoms with Gasteiger partial charge in [-0.2, -0.15) is 0 Å². The van der Waals surface area contributed by atoms with Gasteiger partial charge in [-0.3, -0.25) is 4.79 Å². The zero-order chi connectivity index (χ0) is 21.2. The highest BCUT2D eigenvalue weighted by Gasteiger charge is 2.39. The van der Waals surface area contributed by atoms with Crippen LogP contribution in [0.15, 0.2) is 109 Å². The Hall–Kier alpha value is -4.18. The van der Waals surface area contributed by atoms with E-state index in [9.17, 15) is 9.59 Å². The van der Waals surface area contributed by atoms with E-state index in [0.29, 0.717) is 5.57 Å². The number of rotatable bonds is 4. The molecule has 31 heavy (non-hydrogen) atoms. The molecule has 4 aromatic rings. The lowest BCUT2D eigenvalue weighted by Crippen LogP contribution is -2.28. The minimum Gasteiger partial charge on any atom is -0.403 e. The summed E-state index contributed by atoms with van der Waals surface area (Å²) in [5, 5.41) is 2.04. The van der Waals surface area contributed by atoms with Crippen LogP contribution < -0.4 is 0 Å². The number of hydrogen-bond donors (Lipinski definition) is 0. The van der Waals surface area contributed by atoms with E-state index < -0.39 is 12.0 Å². The van der Waals surface area contributed by atoms with Gasteiger partial charge in [-0.15, -0.1) is 0 Å². The SMILES string of the molecule is O=C1OC(=C(c2ccccc2)c2cccc3ccccc23)C(=O)N1Cc1ccccc1. The molecule has 2 amide bonds. The van der Waals surface area contributed by atoms with Crippen molar-refractivity contribution in [2.24, 2.45) is 0 Å². The minimum atomic E-state index is -0.655. The Bertz CT molecular complexity index is 1300. The van der Waals surface area contributed by atoms with Gasteiger partial charge in [-0.1, -0.05) is 103 Å². The Balaban J connectivity index is 1.68. The Morgan fingerprint density at radius 1 is 0.710 bits per heavy atom. The van der Waals surface area contributed by atoms with Gasteiger partial charge in [0.1, 0.15) is 0 Å². The van der Waals surface area contributed by atoms with Crippen LogP contribution in [0, 0.1) is 0 Å². The summed E-state index contributed by atoms with van der Waals surface area (Å²) in [4.78, 5) is 27.2. The van der Waals surface area contributed by atoms with Gasteiger partial charge in [-0.05, 0) is 27.5 Å². The van der Waals surface area contributed by atoms with Gasteiger partial charge in [0.05, 0.1) is 6.54 Å². The predicted octanol–water partition coefficient (Wildman–Crippen LogP) is 5.78. The van der Waals surface area contributed by atoms with Crippen molar-refractivity contribution in [2.45, 2.75) is 6.54 Å². The lowest BCUT2D eigenvalue weighted by Gasteiger charge is -2.13. The molecule has 1 fully saturated rings. The molecule has 4 aromatic carbocycles. The first-order valence-electron chi connectivity index (χ1n) is 10.1. The summed E-state index contributed by atoms with van der Waals surface area (Å²) in [7, 11) is 0. The third-order valence-corrected chi connectivity index (χ3v) is 5.38. The molecule has 1 saturated heterocycles. The van der Waals surface area contributed by atoms with Gasteiger partial charge in [0.2, 0.25) is 5.76 Å². The topological polar surface area (TPSA) is 46.6 Å². The number of cyclic esters (lactones) is 1. The number of ether oxygens (including phenoxy) is 1. The highest BCUT2D eigenvalue weighted by Crippen LogP contribution is 2.36. The third kappa shape index (κ3) is 3.49. The Morgan fingerprint density at radius 2 is 1.35 bits per heavy atom. The van der Waals surface area contributed by atoms with Gasteiger partial charge in [-0.25, -0.2) is 9.69 Å². The summed E-state index contributed by atoms with van der Waals surface area (Å²) in [5.41, 5.74) is 3.14. The Labute approximate surface area is 180 Å². The summed E-state index contributed by atoms with van der Waals surface area (Å²) < 4.78 is 5.60. The second-order valence-electron chi connectivity index (χ2n) is 7.34. The van der Waals surface area contributed by atoms with Crippen LogP contribution in [0.4, 0.5) is 4.79 Å². The Morgan fingerprint density at radius 3 is 2.13 bits per heavy atom. The average molecular weight is 405 g/mol. The molecule has 1 aliphatic rings. The van der Waals surface area contributed by atoms with Crippen LogP contribution in [0.5, 0.6) is 0 Å². The van der Waals surface area contributed by atoms with Gasteiger partial charge in [0, 0.05) is 5.57 Å². The lowest BCUT2D eigenvalue weighted by molar-refractivity contribution is -0.123. The van der Waals surface area contributed by atoms with E-state index in [4.69, 9.17) is 4.74 Å². The fourth-order valence-electron chi connectivity index (χ4n) is 3.91. The van der Waals surface area contributed by atoms with E-state index in [-0.39, 0.29) is 12.3 Å². The van der Waals surface area contributed by atoms with Crippen molar-refractivity contribution < 1.29 is 14.3 Å². The molecule has 150 valence electrons. The first-order valence-corrected chi connectivity index (χ1v) is 10.1. The molecule has 4 nitrogen and oxygen atoms in total. The summed E-state index contributed by atoms with van der Waals surface area (Å²) >= 11 is 0. The van der Waals surface area contributed by atoms with Gasteiger partial charge in [0.25, 0.3) is 5.91 Å². The van der Waals surface area contributed by atoms with Crippen molar-refractivity contribution >= 4 is 28.3 Å². The van der Waals surface area contributed by atoms with E-state index in [1.54, 1.807) is 0 Å². The molecule has 0 N–H and O–H groups in total. The number of nitrogens with zero attached hydrogens (tertiary/aromatic N) is 1. The van der Waals surface area contributed by atoms with E-state index >= 15 is 0 Å².